The lowest BCUT2D eigenvalue weighted by molar-refractivity contribution is 0.371. The smallest absolute Gasteiger partial charge is 0.105 e. The highest BCUT2D eigenvalue weighted by atomic mass is 19.1. The molecule has 0 bridgehead atoms. The molecule has 1 fully saturated rings. The van der Waals surface area contributed by atoms with E-state index in [1.165, 1.54) is 50.5 Å². The Bertz CT molecular complexity index is 387. The van der Waals surface area contributed by atoms with Crippen molar-refractivity contribution in [1.29, 1.82) is 0 Å². The molecule has 1 saturated carbocycles. The largest absolute Gasteiger partial charge is 0.325 e. The van der Waals surface area contributed by atoms with Crippen LogP contribution in [0.5, 0.6) is 0 Å². The van der Waals surface area contributed by atoms with Gasteiger partial charge in [0.05, 0.1) is 0 Å². The lowest BCUT2D eigenvalue weighted by Gasteiger charge is -2.24. The van der Waals surface area contributed by atoms with E-state index < -0.39 is 6.67 Å². The molecular formula is C20H34FN. The fourth-order valence-electron chi connectivity index (χ4n) is 3.92. The highest BCUT2D eigenvalue weighted by molar-refractivity contribution is 5.27. The highest BCUT2D eigenvalue weighted by Gasteiger charge is 2.20. The molecule has 0 amide bonds. The summed E-state index contributed by atoms with van der Waals surface area (Å²) < 4.78 is 12.7. The van der Waals surface area contributed by atoms with Gasteiger partial charge in [-0.05, 0) is 48.5 Å². The summed E-state index contributed by atoms with van der Waals surface area (Å²) in [6.45, 7) is 4.01. The van der Waals surface area contributed by atoms with E-state index in [0.29, 0.717) is 5.92 Å². The maximum atomic E-state index is 12.7. The Morgan fingerprint density at radius 1 is 1.23 bits per heavy atom. The lowest BCUT2D eigenvalue weighted by atomic mass is 9.83. The van der Waals surface area contributed by atoms with Gasteiger partial charge >= 0.3 is 0 Å². The van der Waals surface area contributed by atoms with Gasteiger partial charge in [-0.3, -0.25) is 0 Å². The number of allylic oxidation sites excluding steroid dienone is 3. The number of hydrogen-bond acceptors (Lipinski definition) is 1. The van der Waals surface area contributed by atoms with Crippen LogP contribution in [0.25, 0.3) is 0 Å². The highest BCUT2D eigenvalue weighted by Crippen LogP contribution is 2.33. The Hall–Kier alpha value is -0.630. The minimum Gasteiger partial charge on any atom is -0.325 e. The van der Waals surface area contributed by atoms with Gasteiger partial charge < -0.3 is 5.73 Å². The van der Waals surface area contributed by atoms with Crippen molar-refractivity contribution in [3.63, 3.8) is 0 Å². The molecule has 2 aliphatic rings. The first-order valence-corrected chi connectivity index (χ1v) is 9.30. The van der Waals surface area contributed by atoms with Crippen LogP contribution in [-0.4, -0.2) is 12.7 Å². The van der Waals surface area contributed by atoms with Crippen molar-refractivity contribution in [3.05, 3.63) is 23.8 Å². The molecule has 0 spiro atoms. The van der Waals surface area contributed by atoms with Gasteiger partial charge in [-0.25, -0.2) is 4.39 Å². The van der Waals surface area contributed by atoms with Crippen molar-refractivity contribution < 1.29 is 4.39 Å². The molecule has 0 aromatic carbocycles. The average molecular weight is 307 g/mol. The van der Waals surface area contributed by atoms with Crippen LogP contribution in [0.15, 0.2) is 23.8 Å². The van der Waals surface area contributed by atoms with Gasteiger partial charge in [0, 0.05) is 6.04 Å². The Labute approximate surface area is 136 Å². The van der Waals surface area contributed by atoms with Crippen LogP contribution in [0.2, 0.25) is 0 Å². The van der Waals surface area contributed by atoms with E-state index in [0.717, 1.165) is 18.3 Å². The molecule has 2 aliphatic carbocycles. The molecule has 5 unspecified atom stereocenters. The van der Waals surface area contributed by atoms with E-state index >= 15 is 0 Å². The van der Waals surface area contributed by atoms with Crippen LogP contribution in [-0.2, 0) is 0 Å². The molecule has 2 heteroatoms. The van der Waals surface area contributed by atoms with Crippen LogP contribution < -0.4 is 5.73 Å². The first-order chi connectivity index (χ1) is 10.6. The third-order valence-electron chi connectivity index (χ3n) is 5.89. The van der Waals surface area contributed by atoms with Crippen LogP contribution in [0.4, 0.5) is 4.39 Å². The molecule has 0 radical (unpaired) electrons. The fourth-order valence-corrected chi connectivity index (χ4v) is 3.92. The molecule has 22 heavy (non-hydrogen) atoms. The molecule has 0 saturated heterocycles. The normalized spacial score (nSPS) is 32.2. The molecule has 5 atom stereocenters. The van der Waals surface area contributed by atoms with Crippen molar-refractivity contribution >= 4 is 0 Å². The second kappa shape index (κ2) is 8.86. The maximum Gasteiger partial charge on any atom is 0.105 e. The average Bonchev–Trinajstić information content (AvgIpc) is 2.76. The Morgan fingerprint density at radius 3 is 2.73 bits per heavy atom. The summed E-state index contributed by atoms with van der Waals surface area (Å²) in [7, 11) is 0. The van der Waals surface area contributed by atoms with Crippen molar-refractivity contribution in [1.82, 2.24) is 0 Å². The molecule has 0 aromatic rings. The van der Waals surface area contributed by atoms with Crippen molar-refractivity contribution in [2.24, 2.45) is 29.4 Å². The molecule has 2 N–H and O–H groups in total. The summed E-state index contributed by atoms with van der Waals surface area (Å²) >= 11 is 0. The summed E-state index contributed by atoms with van der Waals surface area (Å²) in [6.07, 6.45) is 17.8. The van der Waals surface area contributed by atoms with Crippen molar-refractivity contribution in [3.8, 4) is 0 Å². The quantitative estimate of drug-likeness (QED) is 0.652. The number of hydrogen-bond donors (Lipinski definition) is 1. The summed E-state index contributed by atoms with van der Waals surface area (Å²) in [4.78, 5) is 0. The van der Waals surface area contributed by atoms with Crippen molar-refractivity contribution in [2.75, 3.05) is 6.67 Å². The fraction of sp³-hybridized carbons (Fsp3) is 0.800. The zero-order valence-corrected chi connectivity index (χ0v) is 14.4. The van der Waals surface area contributed by atoms with E-state index in [1.807, 2.05) is 6.92 Å². The van der Waals surface area contributed by atoms with Gasteiger partial charge in [0.2, 0.25) is 0 Å². The van der Waals surface area contributed by atoms with Crippen LogP contribution in [0.1, 0.15) is 65.2 Å². The van der Waals surface area contributed by atoms with Gasteiger partial charge in [0.15, 0.2) is 0 Å². The number of rotatable bonds is 6. The maximum absolute atomic E-state index is 12.7. The van der Waals surface area contributed by atoms with Crippen LogP contribution >= 0.6 is 0 Å². The van der Waals surface area contributed by atoms with E-state index in [2.05, 4.69) is 25.2 Å². The predicted molar refractivity (Wildman–Crippen MR) is 93.4 cm³/mol. The molecule has 0 aliphatic heterocycles. The van der Waals surface area contributed by atoms with Gasteiger partial charge in [-0.15, -0.1) is 0 Å². The van der Waals surface area contributed by atoms with Crippen LogP contribution in [0, 0.1) is 23.7 Å². The van der Waals surface area contributed by atoms with Gasteiger partial charge in [0.1, 0.15) is 6.67 Å². The summed E-state index contributed by atoms with van der Waals surface area (Å²) in [5.74, 6) is 2.69. The lowest BCUT2D eigenvalue weighted by Crippen LogP contribution is -2.31. The monoisotopic (exact) mass is 307 g/mol. The summed E-state index contributed by atoms with van der Waals surface area (Å²) in [5, 5.41) is 0. The third-order valence-corrected chi connectivity index (χ3v) is 5.89. The zero-order valence-electron chi connectivity index (χ0n) is 14.4. The Kier molecular flexibility index (Phi) is 7.14. The summed E-state index contributed by atoms with van der Waals surface area (Å²) in [5.41, 5.74) is 7.04. The second-order valence-electron chi connectivity index (χ2n) is 7.72. The van der Waals surface area contributed by atoms with E-state index in [-0.39, 0.29) is 12.0 Å². The number of alkyl halides is 1. The third kappa shape index (κ3) is 5.22. The van der Waals surface area contributed by atoms with Gasteiger partial charge in [0.25, 0.3) is 0 Å². The van der Waals surface area contributed by atoms with Crippen LogP contribution in [0.3, 0.4) is 0 Å². The zero-order chi connectivity index (χ0) is 15.9. The van der Waals surface area contributed by atoms with Gasteiger partial charge in [-0.1, -0.05) is 64.2 Å². The topological polar surface area (TPSA) is 26.0 Å². The minimum atomic E-state index is -0.435. The standard InChI is InChI=1S/C20H34FN/c1-15-4-3-5-17(7-6-15)8-9-18-10-12-19(13-11-18)16(2)20(22)14-21/h10,12-13,15-18,20H,3-9,11,14,22H2,1-2H3. The second-order valence-corrected chi connectivity index (χ2v) is 7.72. The molecule has 0 heterocycles. The minimum absolute atomic E-state index is 0.130. The number of halogens is 1. The summed E-state index contributed by atoms with van der Waals surface area (Å²) in [6, 6.07) is -0.361. The molecule has 0 aromatic heterocycles. The first-order valence-electron chi connectivity index (χ1n) is 9.30. The van der Waals surface area contributed by atoms with Crippen molar-refractivity contribution in [2.45, 2.75) is 71.3 Å². The van der Waals surface area contributed by atoms with Gasteiger partial charge in [-0.2, -0.15) is 0 Å². The Balaban J connectivity index is 1.73. The van der Waals surface area contributed by atoms with E-state index in [9.17, 15) is 4.39 Å². The predicted octanol–water partition coefficient (Wildman–Crippen LogP) is 5.42. The molecule has 126 valence electrons. The van der Waals surface area contributed by atoms with E-state index in [4.69, 9.17) is 5.73 Å². The molecular weight excluding hydrogens is 273 g/mol. The first kappa shape index (κ1) is 17.7. The Morgan fingerprint density at radius 2 is 2.05 bits per heavy atom. The molecule has 2 rings (SSSR count). The SMILES string of the molecule is CC1CCCC(CCC2C=CC(C(C)C(N)CF)=CC2)CC1. The number of nitrogens with two attached hydrogens (primary N) is 1. The molecule has 1 nitrogen and oxygen atoms in total. The van der Waals surface area contributed by atoms with E-state index in [1.54, 1.807) is 0 Å².